The minimum absolute atomic E-state index is 0.0744. The molecule has 0 aliphatic heterocycles. The van der Waals surface area contributed by atoms with Gasteiger partial charge >= 0.3 is 11.9 Å². The molecular weight excluding hydrogens is 861 g/mol. The van der Waals surface area contributed by atoms with Gasteiger partial charge in [-0.3, -0.25) is 9.59 Å². The second kappa shape index (κ2) is 61.2. The lowest BCUT2D eigenvalue weighted by Gasteiger charge is -2.18. The van der Waals surface area contributed by atoms with E-state index in [2.05, 4.69) is 69.4 Å². The van der Waals surface area contributed by atoms with Crippen molar-refractivity contribution in [3.8, 4) is 0 Å². The lowest BCUT2D eigenvalue weighted by Crippen LogP contribution is -2.30. The van der Waals surface area contributed by atoms with Crippen LogP contribution in [0.1, 0.15) is 329 Å². The number of unbranched alkanes of at least 4 members (excludes halogenated alkanes) is 39. The van der Waals surface area contributed by atoms with Crippen molar-refractivity contribution < 1.29 is 23.8 Å². The topological polar surface area (TPSA) is 61.8 Å². The first kappa shape index (κ1) is 67.9. The highest BCUT2D eigenvalue weighted by atomic mass is 16.6. The van der Waals surface area contributed by atoms with E-state index in [1.807, 2.05) is 0 Å². The fourth-order valence-corrected chi connectivity index (χ4v) is 9.20. The summed E-state index contributed by atoms with van der Waals surface area (Å²) in [5.74, 6) is -0.411. The van der Waals surface area contributed by atoms with Crippen LogP contribution in [0.2, 0.25) is 0 Å². The molecule has 0 spiro atoms. The number of allylic oxidation sites excluding steroid dienone is 8. The van der Waals surface area contributed by atoms with Gasteiger partial charge in [0.2, 0.25) is 0 Å². The van der Waals surface area contributed by atoms with Gasteiger partial charge in [0.25, 0.3) is 0 Å². The summed E-state index contributed by atoms with van der Waals surface area (Å²) in [6, 6.07) is 0. The molecular formula is C65H120O5. The van der Waals surface area contributed by atoms with Gasteiger partial charge in [-0.1, -0.05) is 301 Å². The van der Waals surface area contributed by atoms with E-state index in [4.69, 9.17) is 14.2 Å². The van der Waals surface area contributed by atoms with E-state index in [9.17, 15) is 9.59 Å². The van der Waals surface area contributed by atoms with Crippen molar-refractivity contribution in [2.24, 2.45) is 0 Å². The molecule has 0 aromatic carbocycles. The molecule has 0 bridgehead atoms. The molecule has 0 aromatic heterocycles. The number of carbonyl (C=O) groups is 2. The van der Waals surface area contributed by atoms with Crippen LogP contribution in [0.15, 0.2) is 48.6 Å². The molecule has 0 aliphatic carbocycles. The summed E-state index contributed by atoms with van der Waals surface area (Å²) in [6.45, 7) is 7.84. The Balaban J connectivity index is 4.28. The van der Waals surface area contributed by atoms with Crippen LogP contribution >= 0.6 is 0 Å². The van der Waals surface area contributed by atoms with E-state index in [0.29, 0.717) is 19.4 Å². The monoisotopic (exact) mass is 981 g/mol. The summed E-state index contributed by atoms with van der Waals surface area (Å²) in [5.41, 5.74) is 0. The minimum atomic E-state index is -0.546. The molecule has 0 rings (SSSR count). The first-order valence-corrected chi connectivity index (χ1v) is 31.2. The molecule has 0 N–H and O–H groups in total. The van der Waals surface area contributed by atoms with Crippen molar-refractivity contribution in [2.75, 3.05) is 19.8 Å². The maximum absolute atomic E-state index is 12.9. The second-order valence-corrected chi connectivity index (χ2v) is 21.0. The Morgan fingerprint density at radius 3 is 0.986 bits per heavy atom. The van der Waals surface area contributed by atoms with Gasteiger partial charge < -0.3 is 14.2 Å². The molecule has 0 fully saturated rings. The van der Waals surface area contributed by atoms with Crippen molar-refractivity contribution in [1.82, 2.24) is 0 Å². The Morgan fingerprint density at radius 1 is 0.314 bits per heavy atom. The van der Waals surface area contributed by atoms with Crippen molar-refractivity contribution in [3.63, 3.8) is 0 Å². The number of rotatable bonds is 58. The van der Waals surface area contributed by atoms with Crippen LogP contribution in [0.5, 0.6) is 0 Å². The maximum atomic E-state index is 12.9. The Labute approximate surface area is 437 Å². The molecule has 5 nitrogen and oxygen atoms in total. The normalized spacial score (nSPS) is 12.4. The number of carbonyl (C=O) groups excluding carboxylic acids is 2. The molecule has 410 valence electrons. The molecule has 0 heterocycles. The summed E-state index contributed by atoms with van der Waals surface area (Å²) < 4.78 is 17.5. The third kappa shape index (κ3) is 58.4. The first-order valence-electron chi connectivity index (χ1n) is 31.2. The molecule has 0 saturated carbocycles. The number of ether oxygens (including phenoxy) is 3. The molecule has 0 aliphatic rings. The third-order valence-corrected chi connectivity index (χ3v) is 13.9. The standard InChI is InChI=1S/C65H120O5/c1-4-7-10-13-16-19-22-25-28-31-33-35-37-40-43-46-49-52-55-58-64(66)69-62-63(61-68-60-57-54-51-48-45-42-39-30-27-24-21-18-15-12-9-6-3)70-65(67)59-56-53-50-47-44-41-38-36-34-32-29-26-23-20-17-14-11-8-5-2/h16,19,25,28,33,35,40,43,63H,4-15,17-18,20-24,26-27,29-32,34,36-39,41-42,44-62H2,1-3H3/b19-16-,28-25-,35-33-,43-40-/t63-/m1/s1. The minimum Gasteiger partial charge on any atom is -0.462 e. The molecule has 0 saturated heterocycles. The van der Waals surface area contributed by atoms with Gasteiger partial charge in [0.1, 0.15) is 6.61 Å². The van der Waals surface area contributed by atoms with E-state index in [1.165, 1.54) is 231 Å². The first-order chi connectivity index (χ1) is 34.6. The van der Waals surface area contributed by atoms with Gasteiger partial charge in [-0.05, 0) is 64.2 Å². The smallest absolute Gasteiger partial charge is 0.306 e. The SMILES string of the molecule is CCCCC/C=C\C/C=C\C/C=C\C/C=C\CCCCCC(=O)OC[C@@H](COCCCCCCCCCCCCCCCCCC)OC(=O)CCCCCCCCCCCCCCCCCCCCC. The van der Waals surface area contributed by atoms with Crippen LogP contribution in [-0.2, 0) is 23.8 Å². The zero-order chi connectivity index (χ0) is 50.6. The van der Waals surface area contributed by atoms with Gasteiger partial charge in [0, 0.05) is 19.4 Å². The van der Waals surface area contributed by atoms with E-state index >= 15 is 0 Å². The number of hydrogen-bond acceptors (Lipinski definition) is 5. The maximum Gasteiger partial charge on any atom is 0.306 e. The second-order valence-electron chi connectivity index (χ2n) is 21.0. The van der Waals surface area contributed by atoms with Crippen molar-refractivity contribution >= 4 is 11.9 Å². The summed E-state index contributed by atoms with van der Waals surface area (Å²) in [5, 5.41) is 0. The summed E-state index contributed by atoms with van der Waals surface area (Å²) in [7, 11) is 0. The van der Waals surface area contributed by atoms with Gasteiger partial charge in [0.05, 0.1) is 6.61 Å². The molecule has 70 heavy (non-hydrogen) atoms. The van der Waals surface area contributed by atoms with Crippen LogP contribution in [0.4, 0.5) is 0 Å². The average Bonchev–Trinajstić information content (AvgIpc) is 3.36. The molecule has 1 atom stereocenters. The van der Waals surface area contributed by atoms with E-state index < -0.39 is 6.10 Å². The highest BCUT2D eigenvalue weighted by Crippen LogP contribution is 2.17. The Bertz CT molecular complexity index is 1150. The number of hydrogen-bond donors (Lipinski definition) is 0. The fourth-order valence-electron chi connectivity index (χ4n) is 9.20. The lowest BCUT2D eigenvalue weighted by atomic mass is 10.0. The van der Waals surface area contributed by atoms with Crippen LogP contribution < -0.4 is 0 Å². The summed E-state index contributed by atoms with van der Waals surface area (Å²) in [6.07, 6.45) is 77.1. The Kier molecular flexibility index (Phi) is 59.3. The van der Waals surface area contributed by atoms with Gasteiger partial charge in [0.15, 0.2) is 6.10 Å². The van der Waals surface area contributed by atoms with Crippen LogP contribution in [0.25, 0.3) is 0 Å². The van der Waals surface area contributed by atoms with E-state index in [1.54, 1.807) is 0 Å². The van der Waals surface area contributed by atoms with Crippen LogP contribution in [0.3, 0.4) is 0 Å². The zero-order valence-electron chi connectivity index (χ0n) is 47.3. The number of esters is 2. The van der Waals surface area contributed by atoms with Gasteiger partial charge in [-0.15, -0.1) is 0 Å². The largest absolute Gasteiger partial charge is 0.462 e. The average molecular weight is 982 g/mol. The molecule has 0 aromatic rings. The predicted molar refractivity (Wildman–Crippen MR) is 307 cm³/mol. The molecule has 0 unspecified atom stereocenters. The highest BCUT2D eigenvalue weighted by molar-refractivity contribution is 5.70. The van der Waals surface area contributed by atoms with Crippen molar-refractivity contribution in [3.05, 3.63) is 48.6 Å². The van der Waals surface area contributed by atoms with Crippen LogP contribution in [0, 0.1) is 0 Å². The van der Waals surface area contributed by atoms with Gasteiger partial charge in [-0.25, -0.2) is 0 Å². The van der Waals surface area contributed by atoms with Crippen LogP contribution in [-0.4, -0.2) is 37.9 Å². The van der Waals surface area contributed by atoms with E-state index in [0.717, 1.165) is 64.2 Å². The molecule has 5 heteroatoms. The zero-order valence-corrected chi connectivity index (χ0v) is 47.3. The van der Waals surface area contributed by atoms with Crippen molar-refractivity contribution in [2.45, 2.75) is 335 Å². The molecule has 0 amide bonds. The van der Waals surface area contributed by atoms with Crippen molar-refractivity contribution in [1.29, 1.82) is 0 Å². The lowest BCUT2D eigenvalue weighted by molar-refractivity contribution is -0.163. The fraction of sp³-hybridized carbons (Fsp3) is 0.846. The Morgan fingerprint density at radius 2 is 0.600 bits per heavy atom. The quantitative estimate of drug-likeness (QED) is 0.0345. The summed E-state index contributed by atoms with van der Waals surface area (Å²) in [4.78, 5) is 25.6. The predicted octanol–water partition coefficient (Wildman–Crippen LogP) is 21.5. The third-order valence-electron chi connectivity index (χ3n) is 13.9. The Hall–Kier alpha value is -2.14. The summed E-state index contributed by atoms with van der Waals surface area (Å²) >= 11 is 0. The van der Waals surface area contributed by atoms with E-state index in [-0.39, 0.29) is 25.2 Å². The highest BCUT2D eigenvalue weighted by Gasteiger charge is 2.17. The van der Waals surface area contributed by atoms with Gasteiger partial charge in [-0.2, -0.15) is 0 Å². The molecule has 0 radical (unpaired) electrons.